The summed E-state index contributed by atoms with van der Waals surface area (Å²) < 4.78 is 0. The summed E-state index contributed by atoms with van der Waals surface area (Å²) in [6.07, 6.45) is 2.11. The summed E-state index contributed by atoms with van der Waals surface area (Å²) >= 11 is 0. The summed E-state index contributed by atoms with van der Waals surface area (Å²) in [6, 6.07) is 0. The van der Waals surface area contributed by atoms with Crippen LogP contribution in [0.4, 0.5) is 0 Å². The number of hydrogen-bond donors (Lipinski definition) is 3. The van der Waals surface area contributed by atoms with Crippen LogP contribution in [0.15, 0.2) is 0 Å². The molecule has 0 aliphatic heterocycles. The maximum Gasteiger partial charge on any atom is 0.221 e. The van der Waals surface area contributed by atoms with E-state index in [-0.39, 0.29) is 12.5 Å². The summed E-state index contributed by atoms with van der Waals surface area (Å²) in [6.45, 7) is 3.28. The lowest BCUT2D eigenvalue weighted by Gasteiger charge is -2.13. The van der Waals surface area contributed by atoms with Crippen LogP contribution in [0, 0.1) is 5.92 Å². The van der Waals surface area contributed by atoms with Gasteiger partial charge in [-0.15, -0.1) is 0 Å². The molecule has 0 aromatic heterocycles. The SMILES string of the molecule is CCC(CCO)CNC(=O)CCN. The molecule has 0 saturated heterocycles. The topological polar surface area (TPSA) is 75.3 Å². The minimum Gasteiger partial charge on any atom is -0.396 e. The number of nitrogens with one attached hydrogen (secondary N) is 1. The lowest BCUT2D eigenvalue weighted by Crippen LogP contribution is -2.30. The first-order valence-electron chi connectivity index (χ1n) is 4.82. The standard InChI is InChI=1S/C9H20N2O2/c1-2-8(4-6-12)7-11-9(13)3-5-10/h8,12H,2-7,10H2,1H3,(H,11,13). The molecule has 0 aromatic rings. The molecule has 78 valence electrons. The maximum atomic E-state index is 11.0. The second-order valence-electron chi connectivity index (χ2n) is 3.13. The van der Waals surface area contributed by atoms with Crippen LogP contribution < -0.4 is 11.1 Å². The van der Waals surface area contributed by atoms with Crippen molar-refractivity contribution >= 4 is 5.91 Å². The van der Waals surface area contributed by atoms with Crippen molar-refractivity contribution in [2.75, 3.05) is 19.7 Å². The van der Waals surface area contributed by atoms with E-state index in [4.69, 9.17) is 10.8 Å². The molecule has 0 saturated carbocycles. The van der Waals surface area contributed by atoms with E-state index < -0.39 is 0 Å². The van der Waals surface area contributed by atoms with Gasteiger partial charge < -0.3 is 16.2 Å². The highest BCUT2D eigenvalue weighted by atomic mass is 16.3. The van der Waals surface area contributed by atoms with Crippen LogP contribution in [0.5, 0.6) is 0 Å². The third kappa shape index (κ3) is 6.54. The summed E-state index contributed by atoms with van der Waals surface area (Å²) in [4.78, 5) is 11.0. The number of aliphatic hydroxyl groups excluding tert-OH is 1. The Kier molecular flexibility index (Phi) is 7.63. The minimum atomic E-state index is -0.00103. The van der Waals surface area contributed by atoms with Gasteiger partial charge in [-0.1, -0.05) is 13.3 Å². The fourth-order valence-electron chi connectivity index (χ4n) is 1.11. The van der Waals surface area contributed by atoms with E-state index >= 15 is 0 Å². The monoisotopic (exact) mass is 188 g/mol. The number of nitrogens with two attached hydrogens (primary N) is 1. The van der Waals surface area contributed by atoms with Gasteiger partial charge in [0.15, 0.2) is 0 Å². The first-order chi connectivity index (χ1) is 6.24. The second kappa shape index (κ2) is 8.01. The zero-order valence-corrected chi connectivity index (χ0v) is 8.25. The van der Waals surface area contributed by atoms with E-state index in [1.165, 1.54) is 0 Å². The fraction of sp³-hybridized carbons (Fsp3) is 0.889. The van der Waals surface area contributed by atoms with Gasteiger partial charge in [0, 0.05) is 26.1 Å². The summed E-state index contributed by atoms with van der Waals surface area (Å²) in [7, 11) is 0. The smallest absolute Gasteiger partial charge is 0.221 e. The molecule has 1 unspecified atom stereocenters. The Balaban J connectivity index is 3.52. The Labute approximate surface area is 79.5 Å². The van der Waals surface area contributed by atoms with E-state index in [9.17, 15) is 4.79 Å². The van der Waals surface area contributed by atoms with E-state index in [1.807, 2.05) is 0 Å². The molecule has 0 bridgehead atoms. The average Bonchev–Trinajstić information content (AvgIpc) is 2.12. The fourth-order valence-corrected chi connectivity index (χ4v) is 1.11. The third-order valence-electron chi connectivity index (χ3n) is 2.07. The highest BCUT2D eigenvalue weighted by molar-refractivity contribution is 5.75. The van der Waals surface area contributed by atoms with Gasteiger partial charge in [0.05, 0.1) is 0 Å². The zero-order valence-electron chi connectivity index (χ0n) is 8.25. The first-order valence-corrected chi connectivity index (χ1v) is 4.82. The molecule has 4 nitrogen and oxygen atoms in total. The van der Waals surface area contributed by atoms with Crippen molar-refractivity contribution in [1.82, 2.24) is 5.32 Å². The van der Waals surface area contributed by atoms with E-state index in [1.54, 1.807) is 0 Å². The second-order valence-corrected chi connectivity index (χ2v) is 3.13. The van der Waals surface area contributed by atoms with Gasteiger partial charge in [0.2, 0.25) is 5.91 Å². The quantitative estimate of drug-likeness (QED) is 0.520. The Morgan fingerprint density at radius 2 is 2.31 bits per heavy atom. The van der Waals surface area contributed by atoms with Crippen molar-refractivity contribution < 1.29 is 9.90 Å². The Bertz CT molecular complexity index is 140. The number of amides is 1. The highest BCUT2D eigenvalue weighted by Crippen LogP contribution is 2.05. The summed E-state index contributed by atoms with van der Waals surface area (Å²) in [5.74, 6) is 0.380. The lowest BCUT2D eigenvalue weighted by atomic mass is 10.0. The van der Waals surface area contributed by atoms with Gasteiger partial charge in [0.25, 0.3) is 0 Å². The van der Waals surface area contributed by atoms with Gasteiger partial charge in [-0.25, -0.2) is 0 Å². The molecule has 0 fully saturated rings. The van der Waals surface area contributed by atoms with Crippen LogP contribution in [0.2, 0.25) is 0 Å². The van der Waals surface area contributed by atoms with Gasteiger partial charge in [-0.3, -0.25) is 4.79 Å². The van der Waals surface area contributed by atoms with Gasteiger partial charge in [-0.2, -0.15) is 0 Å². The van der Waals surface area contributed by atoms with Crippen LogP contribution in [-0.4, -0.2) is 30.7 Å². The predicted octanol–water partition coefficient (Wildman–Crippen LogP) is -0.140. The first kappa shape index (κ1) is 12.4. The molecule has 0 aliphatic rings. The number of rotatable bonds is 7. The van der Waals surface area contributed by atoms with Crippen molar-refractivity contribution in [2.24, 2.45) is 11.7 Å². The van der Waals surface area contributed by atoms with Crippen LogP contribution in [0.3, 0.4) is 0 Å². The molecule has 4 heteroatoms. The molecule has 0 radical (unpaired) electrons. The Morgan fingerprint density at radius 1 is 1.62 bits per heavy atom. The molecule has 4 N–H and O–H groups in total. The lowest BCUT2D eigenvalue weighted by molar-refractivity contribution is -0.121. The number of carbonyl (C=O) groups excluding carboxylic acids is 1. The normalized spacial score (nSPS) is 12.5. The maximum absolute atomic E-state index is 11.0. The van der Waals surface area contributed by atoms with Crippen molar-refractivity contribution in [3.63, 3.8) is 0 Å². The summed E-state index contributed by atoms with van der Waals surface area (Å²) in [5, 5.41) is 11.5. The van der Waals surface area contributed by atoms with Crippen LogP contribution >= 0.6 is 0 Å². The number of carbonyl (C=O) groups is 1. The van der Waals surface area contributed by atoms with E-state index in [0.29, 0.717) is 25.4 Å². The molecule has 1 atom stereocenters. The van der Waals surface area contributed by atoms with Gasteiger partial charge in [0.1, 0.15) is 0 Å². The highest BCUT2D eigenvalue weighted by Gasteiger charge is 2.06. The predicted molar refractivity (Wildman–Crippen MR) is 52.2 cm³/mol. The van der Waals surface area contributed by atoms with Crippen molar-refractivity contribution in [1.29, 1.82) is 0 Å². The van der Waals surface area contributed by atoms with Crippen LogP contribution in [0.1, 0.15) is 26.2 Å². The van der Waals surface area contributed by atoms with Crippen molar-refractivity contribution in [3.8, 4) is 0 Å². The molecular formula is C9H20N2O2. The molecule has 0 aromatic carbocycles. The molecular weight excluding hydrogens is 168 g/mol. The number of aliphatic hydroxyl groups is 1. The van der Waals surface area contributed by atoms with Crippen molar-refractivity contribution in [2.45, 2.75) is 26.2 Å². The van der Waals surface area contributed by atoms with Crippen LogP contribution in [-0.2, 0) is 4.79 Å². The molecule has 0 spiro atoms. The Morgan fingerprint density at radius 3 is 2.77 bits per heavy atom. The van der Waals surface area contributed by atoms with E-state index in [0.717, 1.165) is 12.8 Å². The van der Waals surface area contributed by atoms with Gasteiger partial charge >= 0.3 is 0 Å². The minimum absolute atomic E-state index is 0.00103. The zero-order chi connectivity index (χ0) is 10.1. The average molecular weight is 188 g/mol. The van der Waals surface area contributed by atoms with Crippen molar-refractivity contribution in [3.05, 3.63) is 0 Å². The Hall–Kier alpha value is -0.610. The van der Waals surface area contributed by atoms with Gasteiger partial charge in [-0.05, 0) is 12.3 Å². The molecule has 0 heterocycles. The van der Waals surface area contributed by atoms with E-state index in [2.05, 4.69) is 12.2 Å². The largest absolute Gasteiger partial charge is 0.396 e. The van der Waals surface area contributed by atoms with Crippen LogP contribution in [0.25, 0.3) is 0 Å². The number of hydrogen-bond acceptors (Lipinski definition) is 3. The molecule has 1 amide bonds. The molecule has 0 aliphatic carbocycles. The third-order valence-corrected chi connectivity index (χ3v) is 2.07. The molecule has 13 heavy (non-hydrogen) atoms. The summed E-state index contributed by atoms with van der Waals surface area (Å²) in [5.41, 5.74) is 5.23. The molecule has 0 rings (SSSR count).